The SMILES string of the molecule is Cc1ccc(N2C[C@H](CCO)OC2=O)cc1F. The van der Waals surface area contributed by atoms with Crippen molar-refractivity contribution in [3.05, 3.63) is 29.6 Å². The zero-order valence-corrected chi connectivity index (χ0v) is 9.52. The van der Waals surface area contributed by atoms with Gasteiger partial charge in [0.1, 0.15) is 11.9 Å². The van der Waals surface area contributed by atoms with Crippen molar-refractivity contribution in [1.29, 1.82) is 0 Å². The van der Waals surface area contributed by atoms with Gasteiger partial charge in [0.15, 0.2) is 0 Å². The normalized spacial score (nSPS) is 19.6. The Bertz CT molecular complexity index is 436. The molecule has 0 spiro atoms. The molecular formula is C12H14FNO3. The number of rotatable bonds is 3. The van der Waals surface area contributed by atoms with E-state index in [1.807, 2.05) is 0 Å². The largest absolute Gasteiger partial charge is 0.444 e. The van der Waals surface area contributed by atoms with Crippen LogP contribution in [0.3, 0.4) is 0 Å². The highest BCUT2D eigenvalue weighted by Gasteiger charge is 2.32. The Morgan fingerprint density at radius 3 is 3.00 bits per heavy atom. The van der Waals surface area contributed by atoms with Gasteiger partial charge >= 0.3 is 6.09 Å². The number of cyclic esters (lactones) is 1. The third-order valence-electron chi connectivity index (χ3n) is 2.79. The summed E-state index contributed by atoms with van der Waals surface area (Å²) in [6.45, 7) is 1.98. The third-order valence-corrected chi connectivity index (χ3v) is 2.79. The van der Waals surface area contributed by atoms with Crippen molar-refractivity contribution in [1.82, 2.24) is 0 Å². The third kappa shape index (κ3) is 2.39. The van der Waals surface area contributed by atoms with Crippen LogP contribution in [0.4, 0.5) is 14.9 Å². The lowest BCUT2D eigenvalue weighted by molar-refractivity contribution is 0.122. The molecule has 1 fully saturated rings. The molecule has 2 rings (SSSR count). The summed E-state index contributed by atoms with van der Waals surface area (Å²) in [5, 5.41) is 8.78. The van der Waals surface area contributed by atoms with Crippen molar-refractivity contribution in [2.24, 2.45) is 0 Å². The van der Waals surface area contributed by atoms with Gasteiger partial charge in [0.05, 0.1) is 12.2 Å². The van der Waals surface area contributed by atoms with Gasteiger partial charge in [0.25, 0.3) is 0 Å². The van der Waals surface area contributed by atoms with Crippen LogP contribution in [-0.4, -0.2) is 30.5 Å². The smallest absolute Gasteiger partial charge is 0.414 e. The fraction of sp³-hybridized carbons (Fsp3) is 0.417. The Morgan fingerprint density at radius 2 is 2.35 bits per heavy atom. The first-order chi connectivity index (χ1) is 8.11. The van der Waals surface area contributed by atoms with E-state index in [1.165, 1.54) is 11.0 Å². The van der Waals surface area contributed by atoms with Gasteiger partial charge in [-0.2, -0.15) is 0 Å². The van der Waals surface area contributed by atoms with E-state index in [-0.39, 0.29) is 18.5 Å². The highest BCUT2D eigenvalue weighted by molar-refractivity contribution is 5.89. The summed E-state index contributed by atoms with van der Waals surface area (Å²) in [6.07, 6.45) is -0.417. The number of aryl methyl sites for hydroxylation is 1. The summed E-state index contributed by atoms with van der Waals surface area (Å²) in [5.74, 6) is -0.346. The molecule has 0 saturated carbocycles. The minimum Gasteiger partial charge on any atom is -0.444 e. The van der Waals surface area contributed by atoms with E-state index < -0.39 is 6.09 Å². The average Bonchev–Trinajstić information content (AvgIpc) is 2.64. The molecule has 1 aliphatic rings. The number of aliphatic hydroxyl groups is 1. The predicted octanol–water partition coefficient (Wildman–Crippen LogP) is 1.84. The van der Waals surface area contributed by atoms with Crippen molar-refractivity contribution >= 4 is 11.8 Å². The fourth-order valence-corrected chi connectivity index (χ4v) is 1.78. The number of carbonyl (C=O) groups is 1. The molecule has 0 bridgehead atoms. The molecule has 5 heteroatoms. The van der Waals surface area contributed by atoms with Gasteiger partial charge in [-0.25, -0.2) is 9.18 Å². The number of anilines is 1. The predicted molar refractivity (Wildman–Crippen MR) is 60.5 cm³/mol. The number of halogens is 1. The van der Waals surface area contributed by atoms with Gasteiger partial charge in [-0.15, -0.1) is 0 Å². The molecule has 1 amide bonds. The molecule has 1 saturated heterocycles. The molecule has 0 aromatic heterocycles. The Labute approximate surface area is 98.6 Å². The second-order valence-corrected chi connectivity index (χ2v) is 4.06. The number of benzene rings is 1. The second-order valence-electron chi connectivity index (χ2n) is 4.06. The molecule has 4 nitrogen and oxygen atoms in total. The van der Waals surface area contributed by atoms with E-state index in [2.05, 4.69) is 0 Å². The van der Waals surface area contributed by atoms with Crippen LogP contribution >= 0.6 is 0 Å². The van der Waals surface area contributed by atoms with E-state index in [1.54, 1.807) is 19.1 Å². The first-order valence-electron chi connectivity index (χ1n) is 5.47. The van der Waals surface area contributed by atoms with Crippen LogP contribution in [0, 0.1) is 12.7 Å². The standard InChI is InChI=1S/C12H14FNO3/c1-8-2-3-9(6-11(8)13)14-7-10(4-5-15)17-12(14)16/h2-3,6,10,15H,4-5,7H2,1H3/t10-/m0/s1. The number of nitrogens with zero attached hydrogens (tertiary/aromatic N) is 1. The summed E-state index contributed by atoms with van der Waals surface area (Å²) >= 11 is 0. The van der Waals surface area contributed by atoms with Crippen LogP contribution < -0.4 is 4.90 Å². The number of amides is 1. The Kier molecular flexibility index (Phi) is 3.28. The highest BCUT2D eigenvalue weighted by atomic mass is 19.1. The number of ether oxygens (including phenoxy) is 1. The first kappa shape index (κ1) is 11.9. The molecule has 0 aliphatic carbocycles. The minimum absolute atomic E-state index is 0.0337. The molecule has 1 N–H and O–H groups in total. The molecule has 1 aromatic rings. The maximum Gasteiger partial charge on any atom is 0.414 e. The lowest BCUT2D eigenvalue weighted by atomic mass is 10.2. The van der Waals surface area contributed by atoms with Gasteiger partial charge < -0.3 is 9.84 Å². The van der Waals surface area contributed by atoms with Crippen LogP contribution in [0.25, 0.3) is 0 Å². The van der Waals surface area contributed by atoms with Gasteiger partial charge in [-0.3, -0.25) is 4.90 Å². The van der Waals surface area contributed by atoms with Gasteiger partial charge in [-0.1, -0.05) is 6.07 Å². The summed E-state index contributed by atoms with van der Waals surface area (Å²) < 4.78 is 18.4. The highest BCUT2D eigenvalue weighted by Crippen LogP contribution is 2.24. The first-order valence-corrected chi connectivity index (χ1v) is 5.47. The zero-order chi connectivity index (χ0) is 12.4. The quantitative estimate of drug-likeness (QED) is 0.875. The molecule has 0 radical (unpaired) electrons. The minimum atomic E-state index is -0.494. The van der Waals surface area contributed by atoms with Gasteiger partial charge in [-0.05, 0) is 24.6 Å². The maximum atomic E-state index is 13.4. The van der Waals surface area contributed by atoms with Crippen LogP contribution in [-0.2, 0) is 4.74 Å². The molecule has 17 heavy (non-hydrogen) atoms. The zero-order valence-electron chi connectivity index (χ0n) is 9.52. The van der Waals surface area contributed by atoms with E-state index >= 15 is 0 Å². The van der Waals surface area contributed by atoms with E-state index in [0.717, 1.165) is 0 Å². The maximum absolute atomic E-state index is 13.4. The number of hydrogen-bond acceptors (Lipinski definition) is 3. The van der Waals surface area contributed by atoms with Gasteiger partial charge in [0, 0.05) is 13.0 Å². The van der Waals surface area contributed by atoms with Crippen molar-refractivity contribution in [2.75, 3.05) is 18.1 Å². The van der Waals surface area contributed by atoms with Crippen molar-refractivity contribution < 1.29 is 19.0 Å². The van der Waals surface area contributed by atoms with Crippen molar-refractivity contribution in [3.63, 3.8) is 0 Å². The molecule has 92 valence electrons. The summed E-state index contributed by atoms with van der Waals surface area (Å²) in [4.78, 5) is 12.9. The number of aliphatic hydroxyl groups excluding tert-OH is 1. The van der Waals surface area contributed by atoms with Crippen LogP contribution in [0.5, 0.6) is 0 Å². The van der Waals surface area contributed by atoms with Gasteiger partial charge in [0.2, 0.25) is 0 Å². The lowest BCUT2D eigenvalue weighted by Crippen LogP contribution is -2.24. The molecule has 1 aromatic carbocycles. The van der Waals surface area contributed by atoms with Crippen molar-refractivity contribution in [2.45, 2.75) is 19.4 Å². The molecule has 1 aliphatic heterocycles. The average molecular weight is 239 g/mol. The van der Waals surface area contributed by atoms with Crippen LogP contribution in [0.1, 0.15) is 12.0 Å². The topological polar surface area (TPSA) is 49.8 Å². The molecular weight excluding hydrogens is 225 g/mol. The Morgan fingerprint density at radius 1 is 1.59 bits per heavy atom. The lowest BCUT2D eigenvalue weighted by Gasteiger charge is -2.13. The molecule has 1 atom stereocenters. The van der Waals surface area contributed by atoms with Crippen LogP contribution in [0.2, 0.25) is 0 Å². The monoisotopic (exact) mass is 239 g/mol. The van der Waals surface area contributed by atoms with Crippen LogP contribution in [0.15, 0.2) is 18.2 Å². The number of carbonyl (C=O) groups excluding carboxylic acids is 1. The second kappa shape index (κ2) is 4.71. The van der Waals surface area contributed by atoms with E-state index in [4.69, 9.17) is 9.84 Å². The Balaban J connectivity index is 2.17. The molecule has 1 heterocycles. The molecule has 0 unspecified atom stereocenters. The fourth-order valence-electron chi connectivity index (χ4n) is 1.78. The Hall–Kier alpha value is -1.62. The summed E-state index contributed by atoms with van der Waals surface area (Å²) in [7, 11) is 0. The van der Waals surface area contributed by atoms with Crippen molar-refractivity contribution in [3.8, 4) is 0 Å². The summed E-state index contributed by atoms with van der Waals surface area (Å²) in [6, 6.07) is 4.62. The number of hydrogen-bond donors (Lipinski definition) is 1. The van der Waals surface area contributed by atoms with E-state index in [9.17, 15) is 9.18 Å². The van der Waals surface area contributed by atoms with E-state index in [0.29, 0.717) is 24.2 Å². The summed E-state index contributed by atoms with van der Waals surface area (Å²) in [5.41, 5.74) is 1.02.